The smallest absolute Gasteiger partial charge is 0.251 e. The van der Waals surface area contributed by atoms with Crippen LogP contribution < -0.4 is 14.8 Å². The molecule has 140 valence electrons. The minimum absolute atomic E-state index is 0.186. The third-order valence-electron chi connectivity index (χ3n) is 3.88. The summed E-state index contributed by atoms with van der Waals surface area (Å²) in [6.07, 6.45) is 3.19. The number of carbonyl (C=O) groups is 1. The molecule has 0 bridgehead atoms. The number of hydrogen-bond acceptors (Lipinski definition) is 5. The minimum atomic E-state index is -0.186. The molecule has 1 aromatic heterocycles. The average Bonchev–Trinajstić information content (AvgIpc) is 3.23. The van der Waals surface area contributed by atoms with E-state index in [-0.39, 0.29) is 5.91 Å². The number of benzene rings is 2. The van der Waals surface area contributed by atoms with Gasteiger partial charge >= 0.3 is 0 Å². The Hall–Kier alpha value is -3.06. The van der Waals surface area contributed by atoms with Crippen molar-refractivity contribution in [2.75, 3.05) is 13.7 Å². The van der Waals surface area contributed by atoms with Crippen molar-refractivity contribution in [3.8, 4) is 17.2 Å². The van der Waals surface area contributed by atoms with Crippen LogP contribution in [-0.2, 0) is 6.54 Å². The first kappa shape index (κ1) is 18.7. The number of nitrogens with one attached hydrogen (secondary N) is 1. The van der Waals surface area contributed by atoms with Crippen LogP contribution in [0, 0.1) is 0 Å². The van der Waals surface area contributed by atoms with Gasteiger partial charge in [0.1, 0.15) is 12.7 Å². The van der Waals surface area contributed by atoms with E-state index in [0.717, 1.165) is 11.3 Å². The van der Waals surface area contributed by atoms with Crippen LogP contribution in [0.2, 0.25) is 5.02 Å². The van der Waals surface area contributed by atoms with Crippen LogP contribution in [0.4, 0.5) is 0 Å². The summed E-state index contributed by atoms with van der Waals surface area (Å²) < 4.78 is 12.6. The van der Waals surface area contributed by atoms with E-state index in [4.69, 9.17) is 21.1 Å². The van der Waals surface area contributed by atoms with Crippen molar-refractivity contribution in [3.05, 3.63) is 65.2 Å². The molecule has 0 aliphatic rings. The summed E-state index contributed by atoms with van der Waals surface area (Å²) >= 11 is 6.26. The predicted octanol–water partition coefficient (Wildman–Crippen LogP) is 3.26. The van der Waals surface area contributed by atoms with E-state index >= 15 is 0 Å². The largest absolute Gasteiger partial charge is 0.493 e. The highest BCUT2D eigenvalue weighted by atomic mass is 35.5. The van der Waals surface area contributed by atoms with Crippen LogP contribution in [0.25, 0.3) is 5.69 Å². The van der Waals surface area contributed by atoms with Gasteiger partial charge in [-0.05, 0) is 48.9 Å². The van der Waals surface area contributed by atoms with Gasteiger partial charge in [-0.15, -0.1) is 10.2 Å². The third kappa shape index (κ3) is 4.38. The first-order valence-electron chi connectivity index (χ1n) is 8.34. The van der Waals surface area contributed by atoms with Gasteiger partial charge in [0.25, 0.3) is 5.91 Å². The monoisotopic (exact) mass is 386 g/mol. The lowest BCUT2D eigenvalue weighted by atomic mass is 10.1. The number of amides is 1. The molecular weight excluding hydrogens is 368 g/mol. The molecule has 0 aliphatic carbocycles. The molecule has 0 atom stereocenters. The summed E-state index contributed by atoms with van der Waals surface area (Å²) in [6, 6.07) is 10.7. The highest BCUT2D eigenvalue weighted by Crippen LogP contribution is 2.36. The first-order chi connectivity index (χ1) is 13.1. The zero-order valence-corrected chi connectivity index (χ0v) is 15.7. The quantitative estimate of drug-likeness (QED) is 0.674. The van der Waals surface area contributed by atoms with Crippen molar-refractivity contribution < 1.29 is 14.3 Å². The number of rotatable bonds is 7. The summed E-state index contributed by atoms with van der Waals surface area (Å²) in [7, 11) is 1.55. The molecule has 0 aliphatic heterocycles. The molecule has 1 heterocycles. The van der Waals surface area contributed by atoms with Crippen LogP contribution in [0.5, 0.6) is 11.5 Å². The van der Waals surface area contributed by atoms with Gasteiger partial charge in [-0.25, -0.2) is 0 Å². The van der Waals surface area contributed by atoms with Gasteiger partial charge in [0.05, 0.1) is 18.7 Å². The van der Waals surface area contributed by atoms with E-state index in [0.29, 0.717) is 35.2 Å². The molecule has 0 saturated heterocycles. The van der Waals surface area contributed by atoms with Crippen molar-refractivity contribution in [1.29, 1.82) is 0 Å². The fourth-order valence-corrected chi connectivity index (χ4v) is 2.85. The zero-order chi connectivity index (χ0) is 19.2. The second kappa shape index (κ2) is 8.55. The number of methoxy groups -OCH3 is 1. The molecule has 0 saturated carbocycles. The normalized spacial score (nSPS) is 10.5. The average molecular weight is 387 g/mol. The van der Waals surface area contributed by atoms with Crippen molar-refractivity contribution in [2.45, 2.75) is 13.5 Å². The van der Waals surface area contributed by atoms with Gasteiger partial charge in [-0.1, -0.05) is 11.6 Å². The molecular formula is C19H19ClN4O3. The SMILES string of the molecule is CCOc1c(Cl)cc(CNC(=O)c2ccc(-n3cnnc3)cc2)cc1OC. The highest BCUT2D eigenvalue weighted by Gasteiger charge is 2.13. The topological polar surface area (TPSA) is 78.3 Å². The van der Waals surface area contributed by atoms with Gasteiger partial charge in [0.15, 0.2) is 11.5 Å². The van der Waals surface area contributed by atoms with Crippen LogP contribution in [0.1, 0.15) is 22.8 Å². The first-order valence-corrected chi connectivity index (χ1v) is 8.72. The van der Waals surface area contributed by atoms with E-state index in [1.807, 2.05) is 19.1 Å². The molecule has 0 spiro atoms. The Morgan fingerprint density at radius 1 is 1.19 bits per heavy atom. The van der Waals surface area contributed by atoms with Gasteiger partial charge in [-0.2, -0.15) is 0 Å². The highest BCUT2D eigenvalue weighted by molar-refractivity contribution is 6.32. The summed E-state index contributed by atoms with van der Waals surface area (Å²) in [5, 5.41) is 10.8. The van der Waals surface area contributed by atoms with Gasteiger partial charge in [-0.3, -0.25) is 9.36 Å². The van der Waals surface area contributed by atoms with Gasteiger partial charge in [0, 0.05) is 17.8 Å². The summed E-state index contributed by atoms with van der Waals surface area (Å²) in [5.41, 5.74) is 2.24. The molecule has 2 aromatic carbocycles. The fourth-order valence-electron chi connectivity index (χ4n) is 2.56. The second-order valence-electron chi connectivity index (χ2n) is 5.64. The Bertz CT molecular complexity index is 911. The molecule has 0 unspecified atom stereocenters. The van der Waals surface area contributed by atoms with Gasteiger partial charge < -0.3 is 14.8 Å². The van der Waals surface area contributed by atoms with Crippen molar-refractivity contribution in [3.63, 3.8) is 0 Å². The lowest BCUT2D eigenvalue weighted by Gasteiger charge is -2.13. The molecule has 27 heavy (non-hydrogen) atoms. The number of aromatic nitrogens is 3. The second-order valence-corrected chi connectivity index (χ2v) is 6.05. The van der Waals surface area contributed by atoms with E-state index < -0.39 is 0 Å². The Balaban J connectivity index is 1.67. The van der Waals surface area contributed by atoms with E-state index in [9.17, 15) is 4.79 Å². The fraction of sp³-hybridized carbons (Fsp3) is 0.211. The van der Waals surface area contributed by atoms with Gasteiger partial charge in [0.2, 0.25) is 0 Å². The molecule has 1 amide bonds. The number of nitrogens with zero attached hydrogens (tertiary/aromatic N) is 3. The molecule has 3 rings (SSSR count). The molecule has 1 N–H and O–H groups in total. The number of ether oxygens (including phenoxy) is 2. The van der Waals surface area contributed by atoms with Crippen LogP contribution in [0.15, 0.2) is 49.1 Å². The van der Waals surface area contributed by atoms with Crippen LogP contribution in [0.3, 0.4) is 0 Å². The summed E-state index contributed by atoms with van der Waals surface area (Å²) in [4.78, 5) is 12.4. The minimum Gasteiger partial charge on any atom is -0.493 e. The van der Waals surface area contributed by atoms with Crippen molar-refractivity contribution in [2.24, 2.45) is 0 Å². The number of carbonyl (C=O) groups excluding carboxylic acids is 1. The maximum atomic E-state index is 12.4. The standard InChI is InChI=1S/C19H19ClN4O3/c1-3-27-18-16(20)8-13(9-17(18)26-2)10-21-19(25)14-4-6-15(7-5-14)24-11-22-23-12-24/h4-9,11-12H,3,10H2,1-2H3,(H,21,25). The molecule has 7 nitrogen and oxygen atoms in total. The van der Waals surface area contributed by atoms with Crippen molar-refractivity contribution in [1.82, 2.24) is 20.1 Å². The number of halogens is 1. The molecule has 0 fully saturated rings. The summed E-state index contributed by atoms with van der Waals surface area (Å²) in [5.74, 6) is 0.850. The maximum absolute atomic E-state index is 12.4. The maximum Gasteiger partial charge on any atom is 0.251 e. The van der Waals surface area contributed by atoms with E-state index in [2.05, 4.69) is 15.5 Å². The van der Waals surface area contributed by atoms with Crippen LogP contribution in [-0.4, -0.2) is 34.4 Å². The Morgan fingerprint density at radius 2 is 1.89 bits per heavy atom. The molecule has 0 radical (unpaired) electrons. The Labute approximate surface area is 161 Å². The molecule has 3 aromatic rings. The number of hydrogen-bond donors (Lipinski definition) is 1. The van der Waals surface area contributed by atoms with Crippen LogP contribution >= 0.6 is 11.6 Å². The zero-order valence-electron chi connectivity index (χ0n) is 15.0. The van der Waals surface area contributed by atoms with Crippen molar-refractivity contribution >= 4 is 17.5 Å². The third-order valence-corrected chi connectivity index (χ3v) is 4.16. The van der Waals surface area contributed by atoms with E-state index in [1.165, 1.54) is 0 Å². The Morgan fingerprint density at radius 3 is 2.52 bits per heavy atom. The van der Waals surface area contributed by atoms with E-state index in [1.54, 1.807) is 48.6 Å². The molecule has 8 heteroatoms. The summed E-state index contributed by atoms with van der Waals surface area (Å²) in [6.45, 7) is 2.67. The lowest BCUT2D eigenvalue weighted by Crippen LogP contribution is -2.22. The predicted molar refractivity (Wildman–Crippen MR) is 102 cm³/mol. The Kier molecular flexibility index (Phi) is 5.93. The lowest BCUT2D eigenvalue weighted by molar-refractivity contribution is 0.0951.